The third-order valence-electron chi connectivity index (χ3n) is 3.59. The van der Waals surface area contributed by atoms with Gasteiger partial charge in [-0.3, -0.25) is 4.79 Å². The summed E-state index contributed by atoms with van der Waals surface area (Å²) in [6.07, 6.45) is 1.07. The van der Waals surface area contributed by atoms with Gasteiger partial charge in [0.05, 0.1) is 0 Å². The Labute approximate surface area is 114 Å². The third kappa shape index (κ3) is 3.52. The van der Waals surface area contributed by atoms with Gasteiger partial charge in [-0.1, -0.05) is 13.0 Å². The summed E-state index contributed by atoms with van der Waals surface area (Å²) in [5.41, 5.74) is 2.66. The molecule has 0 heterocycles. The van der Waals surface area contributed by atoms with Crippen molar-refractivity contribution in [1.82, 2.24) is 5.32 Å². The lowest BCUT2D eigenvalue weighted by atomic mass is 10.1. The Kier molecular flexibility index (Phi) is 4.33. The number of amides is 1. The number of benzene rings is 1. The number of hydrogen-bond acceptors (Lipinski definition) is 2. The summed E-state index contributed by atoms with van der Waals surface area (Å²) in [6, 6.07) is 6.52. The molecule has 0 aromatic heterocycles. The molecule has 0 spiro atoms. The number of carbonyl (C=O) groups excluding carboxylic acids is 1. The summed E-state index contributed by atoms with van der Waals surface area (Å²) in [4.78, 5) is 12.9. The first-order valence-corrected chi connectivity index (χ1v) is 7.54. The van der Waals surface area contributed by atoms with Crippen molar-refractivity contribution in [2.45, 2.75) is 32.1 Å². The number of carbonyl (C=O) groups is 1. The Bertz CT molecular complexity index is 444. The van der Waals surface area contributed by atoms with Crippen molar-refractivity contribution in [2.75, 3.05) is 12.3 Å². The average Bonchev–Trinajstić information content (AvgIpc) is 3.06. The number of thioether (sulfide) groups is 1. The molecule has 1 aliphatic rings. The minimum Gasteiger partial charge on any atom is -0.355 e. The molecule has 1 N–H and O–H groups in total. The molecular weight excluding hydrogens is 242 g/mol. The monoisotopic (exact) mass is 263 g/mol. The molecule has 0 bridgehead atoms. The van der Waals surface area contributed by atoms with E-state index in [9.17, 15) is 4.79 Å². The van der Waals surface area contributed by atoms with Gasteiger partial charge in [-0.25, -0.2) is 0 Å². The minimum absolute atomic E-state index is 0.239. The lowest BCUT2D eigenvalue weighted by Gasteiger charge is -2.06. The van der Waals surface area contributed by atoms with Gasteiger partial charge in [-0.05, 0) is 49.4 Å². The maximum Gasteiger partial charge on any atom is 0.223 e. The van der Waals surface area contributed by atoms with Gasteiger partial charge in [0.1, 0.15) is 0 Å². The highest BCUT2D eigenvalue weighted by molar-refractivity contribution is 7.99. The number of rotatable bonds is 5. The summed E-state index contributed by atoms with van der Waals surface area (Å²) in [6.45, 7) is 7.16. The SMILES string of the molecule is Cc1ccc(SCCNC(=O)[C@@H]2C[C@@H]2C)cc1C. The van der Waals surface area contributed by atoms with E-state index in [2.05, 4.69) is 44.3 Å². The summed E-state index contributed by atoms with van der Waals surface area (Å²) in [7, 11) is 0. The standard InChI is InChI=1S/C15H21NOS/c1-10-4-5-13(8-11(10)2)18-7-6-16-15(17)14-9-12(14)3/h4-5,8,12,14H,6-7,9H2,1-3H3,(H,16,17)/t12-,14+/m0/s1. The fourth-order valence-corrected chi connectivity index (χ4v) is 2.83. The van der Waals surface area contributed by atoms with Crippen molar-refractivity contribution < 1.29 is 4.79 Å². The van der Waals surface area contributed by atoms with Gasteiger partial charge in [0.15, 0.2) is 0 Å². The van der Waals surface area contributed by atoms with Crippen LogP contribution in [0.3, 0.4) is 0 Å². The molecule has 0 aliphatic heterocycles. The van der Waals surface area contributed by atoms with Crippen LogP contribution in [0.2, 0.25) is 0 Å². The first-order valence-electron chi connectivity index (χ1n) is 6.55. The van der Waals surface area contributed by atoms with Crippen molar-refractivity contribution in [3.63, 3.8) is 0 Å². The maximum absolute atomic E-state index is 11.6. The largest absolute Gasteiger partial charge is 0.355 e. The zero-order chi connectivity index (χ0) is 13.1. The first kappa shape index (κ1) is 13.5. The first-order chi connectivity index (χ1) is 8.58. The highest BCUT2D eigenvalue weighted by Gasteiger charge is 2.38. The smallest absolute Gasteiger partial charge is 0.223 e. The molecular formula is C15H21NOS. The van der Waals surface area contributed by atoms with E-state index in [1.54, 1.807) is 11.8 Å². The van der Waals surface area contributed by atoms with Crippen LogP contribution in [0.1, 0.15) is 24.5 Å². The molecule has 1 aromatic rings. The van der Waals surface area contributed by atoms with E-state index < -0.39 is 0 Å². The Morgan fingerprint density at radius 3 is 2.72 bits per heavy atom. The molecule has 0 radical (unpaired) electrons. The van der Waals surface area contributed by atoms with E-state index in [1.807, 2.05) is 0 Å². The predicted octanol–water partition coefficient (Wildman–Crippen LogP) is 3.17. The fraction of sp³-hybridized carbons (Fsp3) is 0.533. The summed E-state index contributed by atoms with van der Waals surface area (Å²) < 4.78 is 0. The fourth-order valence-electron chi connectivity index (χ4n) is 1.97. The molecule has 1 amide bonds. The van der Waals surface area contributed by atoms with E-state index in [4.69, 9.17) is 0 Å². The molecule has 0 saturated heterocycles. The molecule has 2 rings (SSSR count). The van der Waals surface area contributed by atoms with Gasteiger partial charge < -0.3 is 5.32 Å². The molecule has 18 heavy (non-hydrogen) atoms. The highest BCUT2D eigenvalue weighted by Crippen LogP contribution is 2.37. The number of hydrogen-bond donors (Lipinski definition) is 1. The Morgan fingerprint density at radius 1 is 1.39 bits per heavy atom. The molecule has 1 saturated carbocycles. The van der Waals surface area contributed by atoms with Crippen LogP contribution in [-0.2, 0) is 4.79 Å². The van der Waals surface area contributed by atoms with E-state index in [1.165, 1.54) is 16.0 Å². The molecule has 1 aliphatic carbocycles. The van der Waals surface area contributed by atoms with Gasteiger partial charge in [-0.15, -0.1) is 11.8 Å². The summed E-state index contributed by atoms with van der Waals surface area (Å²) in [5.74, 6) is 2.06. The van der Waals surface area contributed by atoms with E-state index in [0.717, 1.165) is 18.7 Å². The quantitative estimate of drug-likeness (QED) is 0.653. The molecule has 1 fully saturated rings. The second-order valence-corrected chi connectivity index (χ2v) is 6.37. The van der Waals surface area contributed by atoms with Crippen molar-refractivity contribution >= 4 is 17.7 Å². The van der Waals surface area contributed by atoms with Crippen LogP contribution in [0.4, 0.5) is 0 Å². The van der Waals surface area contributed by atoms with Crippen LogP contribution in [0, 0.1) is 25.7 Å². The van der Waals surface area contributed by atoms with Gasteiger partial charge in [0.2, 0.25) is 5.91 Å². The van der Waals surface area contributed by atoms with Crippen LogP contribution >= 0.6 is 11.8 Å². The zero-order valence-corrected chi connectivity index (χ0v) is 12.1. The summed E-state index contributed by atoms with van der Waals surface area (Å²) >= 11 is 1.80. The van der Waals surface area contributed by atoms with Gasteiger partial charge in [-0.2, -0.15) is 0 Å². The average molecular weight is 263 g/mol. The van der Waals surface area contributed by atoms with Gasteiger partial charge in [0, 0.05) is 23.1 Å². The van der Waals surface area contributed by atoms with E-state index in [-0.39, 0.29) is 11.8 Å². The van der Waals surface area contributed by atoms with Gasteiger partial charge in [0.25, 0.3) is 0 Å². The number of aryl methyl sites for hydroxylation is 2. The van der Waals surface area contributed by atoms with E-state index in [0.29, 0.717) is 5.92 Å². The second kappa shape index (κ2) is 5.79. The Hall–Kier alpha value is -0.960. The minimum atomic E-state index is 0.239. The lowest BCUT2D eigenvalue weighted by Crippen LogP contribution is -2.27. The van der Waals surface area contributed by atoms with Crippen molar-refractivity contribution in [1.29, 1.82) is 0 Å². The van der Waals surface area contributed by atoms with Crippen molar-refractivity contribution in [3.05, 3.63) is 29.3 Å². The molecule has 2 nitrogen and oxygen atoms in total. The molecule has 0 unspecified atom stereocenters. The second-order valence-electron chi connectivity index (χ2n) is 5.21. The van der Waals surface area contributed by atoms with Gasteiger partial charge >= 0.3 is 0 Å². The maximum atomic E-state index is 11.6. The Morgan fingerprint density at radius 2 is 2.11 bits per heavy atom. The van der Waals surface area contributed by atoms with E-state index >= 15 is 0 Å². The number of nitrogens with one attached hydrogen (secondary N) is 1. The van der Waals surface area contributed by atoms with Crippen LogP contribution in [0.15, 0.2) is 23.1 Å². The van der Waals surface area contributed by atoms with Crippen LogP contribution in [0.5, 0.6) is 0 Å². The zero-order valence-electron chi connectivity index (χ0n) is 11.3. The predicted molar refractivity (Wildman–Crippen MR) is 76.9 cm³/mol. The molecule has 98 valence electrons. The molecule has 2 atom stereocenters. The topological polar surface area (TPSA) is 29.1 Å². The van der Waals surface area contributed by atoms with Crippen molar-refractivity contribution in [3.8, 4) is 0 Å². The Balaban J connectivity index is 1.68. The van der Waals surface area contributed by atoms with Crippen LogP contribution in [-0.4, -0.2) is 18.2 Å². The molecule has 1 aromatic carbocycles. The van der Waals surface area contributed by atoms with Crippen molar-refractivity contribution in [2.24, 2.45) is 11.8 Å². The lowest BCUT2D eigenvalue weighted by molar-refractivity contribution is -0.122. The van der Waals surface area contributed by atoms with Crippen LogP contribution < -0.4 is 5.32 Å². The summed E-state index contributed by atoms with van der Waals surface area (Å²) in [5, 5.41) is 3.01. The third-order valence-corrected chi connectivity index (χ3v) is 4.59. The molecule has 3 heteroatoms. The van der Waals surface area contributed by atoms with Crippen LogP contribution in [0.25, 0.3) is 0 Å². The normalized spacial score (nSPS) is 21.7. The highest BCUT2D eigenvalue weighted by atomic mass is 32.2.